The zero-order valence-electron chi connectivity index (χ0n) is 10.5. The van der Waals surface area contributed by atoms with Gasteiger partial charge in [-0.3, -0.25) is 0 Å². The van der Waals surface area contributed by atoms with Gasteiger partial charge in [-0.25, -0.2) is 0 Å². The van der Waals surface area contributed by atoms with Gasteiger partial charge >= 0.3 is 0 Å². The molecule has 0 radical (unpaired) electrons. The highest BCUT2D eigenvalue weighted by Crippen LogP contribution is 2.31. The highest BCUT2D eigenvalue weighted by Gasteiger charge is 2.12. The molecule has 0 N–H and O–H groups in total. The third-order valence-electron chi connectivity index (χ3n) is 2.90. The fourth-order valence-corrected chi connectivity index (χ4v) is 1.77. The second kappa shape index (κ2) is 5.69. The summed E-state index contributed by atoms with van der Waals surface area (Å²) in [5.41, 5.74) is 2.41. The van der Waals surface area contributed by atoms with Gasteiger partial charge in [0.25, 0.3) is 0 Å². The molecule has 0 saturated carbocycles. The minimum Gasteiger partial charge on any atom is -0.496 e. The molecule has 16 heavy (non-hydrogen) atoms. The van der Waals surface area contributed by atoms with Crippen molar-refractivity contribution in [1.82, 2.24) is 0 Å². The first kappa shape index (κ1) is 12.8. The van der Waals surface area contributed by atoms with Crippen LogP contribution < -0.4 is 4.74 Å². The first-order valence-electron chi connectivity index (χ1n) is 5.71. The smallest absolute Gasteiger partial charge is 0.122 e. The molecule has 88 valence electrons. The third kappa shape index (κ3) is 2.84. The maximum Gasteiger partial charge on any atom is 0.122 e. The van der Waals surface area contributed by atoms with Crippen LogP contribution >= 0.6 is 0 Å². The first-order valence-corrected chi connectivity index (χ1v) is 5.71. The molecule has 1 aromatic carbocycles. The molecule has 1 atom stereocenters. The summed E-state index contributed by atoms with van der Waals surface area (Å²) in [5, 5.41) is 0. The Morgan fingerprint density at radius 2 is 2.00 bits per heavy atom. The average molecular weight is 220 g/mol. The largest absolute Gasteiger partial charge is 0.496 e. The van der Waals surface area contributed by atoms with E-state index in [-0.39, 0.29) is 5.92 Å². The van der Waals surface area contributed by atoms with E-state index in [4.69, 9.17) is 4.74 Å². The zero-order chi connectivity index (χ0) is 12.1. The zero-order valence-corrected chi connectivity index (χ0v) is 10.5. The van der Waals surface area contributed by atoms with E-state index in [0.717, 1.165) is 17.6 Å². The van der Waals surface area contributed by atoms with Crippen LogP contribution in [0, 0.1) is 0 Å². The lowest BCUT2D eigenvalue weighted by atomic mass is 9.92. The standard InChI is InChI=1S/C14H20O2/c1-10(2)12-5-6-14(16-4)13(9-12)11(3)7-8-15/h5-6,8-11H,7H2,1-4H3. The van der Waals surface area contributed by atoms with E-state index in [1.165, 1.54) is 5.56 Å². The van der Waals surface area contributed by atoms with Gasteiger partial charge in [-0.15, -0.1) is 0 Å². The van der Waals surface area contributed by atoms with Gasteiger partial charge in [0.1, 0.15) is 12.0 Å². The number of benzene rings is 1. The van der Waals surface area contributed by atoms with Crippen molar-refractivity contribution in [2.24, 2.45) is 0 Å². The molecule has 0 spiro atoms. The van der Waals surface area contributed by atoms with E-state index in [2.05, 4.69) is 32.9 Å². The Morgan fingerprint density at radius 3 is 2.50 bits per heavy atom. The molecule has 0 fully saturated rings. The van der Waals surface area contributed by atoms with Crippen molar-refractivity contribution >= 4 is 6.29 Å². The van der Waals surface area contributed by atoms with E-state index in [1.807, 2.05) is 6.07 Å². The van der Waals surface area contributed by atoms with Gasteiger partial charge in [0.05, 0.1) is 7.11 Å². The van der Waals surface area contributed by atoms with Crippen LogP contribution in [0.4, 0.5) is 0 Å². The van der Waals surface area contributed by atoms with Gasteiger partial charge in [-0.1, -0.05) is 32.9 Å². The molecule has 2 nitrogen and oxygen atoms in total. The Kier molecular flexibility index (Phi) is 4.53. The molecule has 2 heteroatoms. The van der Waals surface area contributed by atoms with Crippen LogP contribution in [0.3, 0.4) is 0 Å². The molecule has 1 rings (SSSR count). The van der Waals surface area contributed by atoms with Crippen LogP contribution in [-0.2, 0) is 4.79 Å². The molecular formula is C14H20O2. The fraction of sp³-hybridized carbons (Fsp3) is 0.500. The van der Waals surface area contributed by atoms with Gasteiger partial charge in [-0.05, 0) is 29.0 Å². The van der Waals surface area contributed by atoms with Crippen LogP contribution in [0.25, 0.3) is 0 Å². The number of carbonyl (C=O) groups excluding carboxylic acids is 1. The van der Waals surface area contributed by atoms with Gasteiger partial charge in [0.2, 0.25) is 0 Å². The quantitative estimate of drug-likeness (QED) is 0.710. The maximum atomic E-state index is 10.6. The van der Waals surface area contributed by atoms with Crippen molar-refractivity contribution in [2.75, 3.05) is 7.11 Å². The summed E-state index contributed by atoms with van der Waals surface area (Å²) in [6.07, 6.45) is 1.50. The highest BCUT2D eigenvalue weighted by molar-refractivity contribution is 5.53. The normalized spacial score (nSPS) is 12.6. The Hall–Kier alpha value is -1.31. The van der Waals surface area contributed by atoms with Gasteiger partial charge in [-0.2, -0.15) is 0 Å². The van der Waals surface area contributed by atoms with E-state index < -0.39 is 0 Å². The third-order valence-corrected chi connectivity index (χ3v) is 2.90. The second-order valence-electron chi connectivity index (χ2n) is 4.46. The molecular weight excluding hydrogens is 200 g/mol. The highest BCUT2D eigenvalue weighted by atomic mass is 16.5. The Labute approximate surface area is 97.6 Å². The second-order valence-corrected chi connectivity index (χ2v) is 4.46. The lowest BCUT2D eigenvalue weighted by Crippen LogP contribution is -2.00. The van der Waals surface area contributed by atoms with Crippen molar-refractivity contribution in [1.29, 1.82) is 0 Å². The van der Waals surface area contributed by atoms with Crippen molar-refractivity contribution in [3.05, 3.63) is 29.3 Å². The molecule has 0 bridgehead atoms. The molecule has 0 aliphatic rings. The van der Waals surface area contributed by atoms with E-state index in [1.54, 1.807) is 7.11 Å². The number of aldehydes is 1. The van der Waals surface area contributed by atoms with E-state index >= 15 is 0 Å². The molecule has 0 amide bonds. The summed E-state index contributed by atoms with van der Waals surface area (Å²) in [6.45, 7) is 6.38. The predicted molar refractivity (Wildman–Crippen MR) is 66.2 cm³/mol. The van der Waals surface area contributed by atoms with Crippen LogP contribution in [0.5, 0.6) is 5.75 Å². The van der Waals surface area contributed by atoms with Crippen LogP contribution in [0.1, 0.15) is 50.2 Å². The predicted octanol–water partition coefficient (Wildman–Crippen LogP) is 3.51. The topological polar surface area (TPSA) is 26.3 Å². The Bertz CT molecular complexity index is 356. The van der Waals surface area contributed by atoms with Crippen LogP contribution in [0.15, 0.2) is 18.2 Å². The van der Waals surface area contributed by atoms with Crippen molar-refractivity contribution in [2.45, 2.75) is 39.0 Å². The number of methoxy groups -OCH3 is 1. The Morgan fingerprint density at radius 1 is 1.31 bits per heavy atom. The summed E-state index contributed by atoms with van der Waals surface area (Å²) in [4.78, 5) is 10.6. The van der Waals surface area contributed by atoms with Crippen molar-refractivity contribution in [3.8, 4) is 5.75 Å². The summed E-state index contributed by atoms with van der Waals surface area (Å²) in [5.74, 6) is 1.58. The number of hydrogen-bond acceptors (Lipinski definition) is 2. The SMILES string of the molecule is COc1ccc(C(C)C)cc1C(C)CC=O. The van der Waals surface area contributed by atoms with Gasteiger partial charge < -0.3 is 9.53 Å². The minimum absolute atomic E-state index is 0.214. The lowest BCUT2D eigenvalue weighted by molar-refractivity contribution is -0.108. The Balaban J connectivity index is 3.10. The fourth-order valence-electron chi connectivity index (χ4n) is 1.77. The summed E-state index contributed by atoms with van der Waals surface area (Å²) in [7, 11) is 1.67. The average Bonchev–Trinajstić information content (AvgIpc) is 2.28. The first-order chi connectivity index (χ1) is 7.60. The molecule has 0 aliphatic heterocycles. The van der Waals surface area contributed by atoms with Gasteiger partial charge in [0.15, 0.2) is 0 Å². The maximum absolute atomic E-state index is 10.6. The monoisotopic (exact) mass is 220 g/mol. The molecule has 1 unspecified atom stereocenters. The summed E-state index contributed by atoms with van der Waals surface area (Å²) in [6, 6.07) is 6.23. The number of hydrogen-bond donors (Lipinski definition) is 0. The molecule has 0 saturated heterocycles. The van der Waals surface area contributed by atoms with Crippen molar-refractivity contribution in [3.63, 3.8) is 0 Å². The minimum atomic E-state index is 0.214. The van der Waals surface area contributed by atoms with E-state index in [0.29, 0.717) is 12.3 Å². The van der Waals surface area contributed by atoms with Crippen LogP contribution in [0.2, 0.25) is 0 Å². The van der Waals surface area contributed by atoms with Crippen molar-refractivity contribution < 1.29 is 9.53 Å². The van der Waals surface area contributed by atoms with Gasteiger partial charge in [0, 0.05) is 6.42 Å². The lowest BCUT2D eigenvalue weighted by Gasteiger charge is -2.16. The molecule has 0 aromatic heterocycles. The number of rotatable bonds is 5. The molecule has 0 heterocycles. The summed E-state index contributed by atoms with van der Waals surface area (Å²) >= 11 is 0. The molecule has 1 aromatic rings. The van der Waals surface area contributed by atoms with Crippen LogP contribution in [-0.4, -0.2) is 13.4 Å². The number of carbonyl (C=O) groups is 1. The molecule has 0 aliphatic carbocycles. The summed E-state index contributed by atoms with van der Waals surface area (Å²) < 4.78 is 5.33. The van der Waals surface area contributed by atoms with E-state index in [9.17, 15) is 4.79 Å². The number of ether oxygens (including phenoxy) is 1.